The van der Waals surface area contributed by atoms with Crippen LogP contribution in [0.25, 0.3) is 0 Å². The lowest BCUT2D eigenvalue weighted by Crippen LogP contribution is -2.26. The minimum Gasteiger partial charge on any atom is -0.131 e. The summed E-state index contributed by atoms with van der Waals surface area (Å²) in [5.74, 6) is 0.766. The molecule has 2 heteroatoms. The zero-order chi connectivity index (χ0) is 13.4. The van der Waals surface area contributed by atoms with Gasteiger partial charge in [-0.3, -0.25) is 0 Å². The Kier molecular flexibility index (Phi) is 10.0. The molecule has 0 nitrogen and oxygen atoms in total. The Labute approximate surface area is 132 Å². The maximum Gasteiger partial charge on any atom is -0.0175 e. The lowest BCUT2D eigenvalue weighted by Gasteiger charge is -2.31. The molecule has 19 heavy (non-hydrogen) atoms. The van der Waals surface area contributed by atoms with Gasteiger partial charge in [-0.1, -0.05) is 76.8 Å². The number of hydrogen-bond donors (Lipinski definition) is 0. The van der Waals surface area contributed by atoms with Crippen molar-refractivity contribution in [1.82, 2.24) is 0 Å². The van der Waals surface area contributed by atoms with Crippen molar-refractivity contribution in [3.05, 3.63) is 35.9 Å². The third-order valence-corrected chi connectivity index (χ3v) is 4.25. The van der Waals surface area contributed by atoms with Gasteiger partial charge >= 0.3 is 0 Å². The SMILES string of the molecule is Br.CCCCCCC(Cc1ccccc1)C(C)(C)P. The third kappa shape index (κ3) is 8.10. The van der Waals surface area contributed by atoms with E-state index in [9.17, 15) is 0 Å². The van der Waals surface area contributed by atoms with Gasteiger partial charge in [0.15, 0.2) is 0 Å². The van der Waals surface area contributed by atoms with Gasteiger partial charge in [0.1, 0.15) is 0 Å². The summed E-state index contributed by atoms with van der Waals surface area (Å²) in [6, 6.07) is 10.9. The first-order chi connectivity index (χ1) is 8.54. The van der Waals surface area contributed by atoms with E-state index in [-0.39, 0.29) is 17.0 Å². The Morgan fingerprint density at radius 2 is 1.68 bits per heavy atom. The van der Waals surface area contributed by atoms with E-state index in [0.29, 0.717) is 5.16 Å². The fourth-order valence-electron chi connectivity index (χ4n) is 2.45. The summed E-state index contributed by atoms with van der Waals surface area (Å²) in [5.41, 5.74) is 1.48. The number of unbranched alkanes of at least 4 members (excludes halogenated alkanes) is 3. The molecule has 2 unspecified atom stereocenters. The van der Waals surface area contributed by atoms with Gasteiger partial charge in [-0.15, -0.1) is 26.2 Å². The predicted octanol–water partition coefficient (Wildman–Crippen LogP) is 6.05. The van der Waals surface area contributed by atoms with E-state index in [0.717, 1.165) is 5.92 Å². The molecule has 0 N–H and O–H groups in total. The summed E-state index contributed by atoms with van der Waals surface area (Å²) >= 11 is 0. The fourth-order valence-corrected chi connectivity index (χ4v) is 2.74. The van der Waals surface area contributed by atoms with E-state index in [1.165, 1.54) is 44.1 Å². The van der Waals surface area contributed by atoms with E-state index in [1.54, 1.807) is 0 Å². The average molecular weight is 345 g/mol. The lowest BCUT2D eigenvalue weighted by atomic mass is 9.84. The molecule has 110 valence electrons. The highest BCUT2D eigenvalue weighted by Crippen LogP contribution is 2.33. The molecule has 0 aliphatic heterocycles. The Balaban J connectivity index is 0.00000324. The smallest absolute Gasteiger partial charge is 0.0175 e. The maximum atomic E-state index is 3.05. The van der Waals surface area contributed by atoms with Crippen molar-refractivity contribution in [1.29, 1.82) is 0 Å². The van der Waals surface area contributed by atoms with Crippen LogP contribution >= 0.6 is 26.2 Å². The average Bonchev–Trinajstić information content (AvgIpc) is 2.33. The van der Waals surface area contributed by atoms with Crippen LogP contribution in [0.4, 0.5) is 0 Å². The van der Waals surface area contributed by atoms with E-state index < -0.39 is 0 Å². The summed E-state index contributed by atoms with van der Waals surface area (Å²) in [5, 5.41) is 0.335. The molecule has 0 radical (unpaired) electrons. The van der Waals surface area contributed by atoms with Crippen LogP contribution in [0.15, 0.2) is 30.3 Å². The largest absolute Gasteiger partial charge is 0.131 e. The second-order valence-electron chi connectivity index (χ2n) is 6.06. The van der Waals surface area contributed by atoms with Gasteiger partial charge < -0.3 is 0 Å². The quantitative estimate of drug-likeness (QED) is 0.398. The van der Waals surface area contributed by atoms with Crippen LogP contribution in [0.1, 0.15) is 58.4 Å². The first kappa shape index (κ1) is 19.1. The van der Waals surface area contributed by atoms with E-state index in [2.05, 4.69) is 60.3 Å². The second kappa shape index (κ2) is 9.94. The van der Waals surface area contributed by atoms with Crippen LogP contribution < -0.4 is 0 Å². The van der Waals surface area contributed by atoms with Gasteiger partial charge in [0.2, 0.25) is 0 Å². The van der Waals surface area contributed by atoms with Crippen LogP contribution in [-0.2, 0) is 6.42 Å². The Hall–Kier alpha value is 0.130. The molecule has 0 heterocycles. The minimum atomic E-state index is 0. The summed E-state index contributed by atoms with van der Waals surface area (Å²) in [6.45, 7) is 6.98. The van der Waals surface area contributed by atoms with E-state index in [1.807, 2.05) is 0 Å². The molecule has 0 aliphatic carbocycles. The van der Waals surface area contributed by atoms with Gasteiger partial charge in [-0.25, -0.2) is 0 Å². The molecule has 1 aromatic carbocycles. The molecule has 0 amide bonds. The standard InChI is InChI=1S/C17H29P.BrH/c1-4-5-6-10-13-16(17(2,3)18)14-15-11-8-7-9-12-15;/h7-9,11-12,16H,4-6,10,13-14,18H2,1-3H3;1H. The topological polar surface area (TPSA) is 0 Å². The molecule has 2 atom stereocenters. The molecule has 0 aromatic heterocycles. The molecule has 0 spiro atoms. The highest BCUT2D eigenvalue weighted by molar-refractivity contribution is 8.93. The van der Waals surface area contributed by atoms with Gasteiger partial charge in [-0.05, 0) is 29.5 Å². The van der Waals surface area contributed by atoms with Crippen LogP contribution in [0.5, 0.6) is 0 Å². The summed E-state index contributed by atoms with van der Waals surface area (Å²) in [7, 11) is 3.05. The zero-order valence-corrected chi connectivity index (χ0v) is 15.6. The number of benzene rings is 1. The molecule has 0 saturated carbocycles. The van der Waals surface area contributed by atoms with Crippen molar-refractivity contribution in [3.63, 3.8) is 0 Å². The Morgan fingerprint density at radius 3 is 2.21 bits per heavy atom. The van der Waals surface area contributed by atoms with Crippen LogP contribution in [0, 0.1) is 5.92 Å². The molecular weight excluding hydrogens is 315 g/mol. The third-order valence-electron chi connectivity index (χ3n) is 3.78. The van der Waals surface area contributed by atoms with Crippen LogP contribution in [0.3, 0.4) is 0 Å². The highest BCUT2D eigenvalue weighted by Gasteiger charge is 2.24. The number of rotatable bonds is 8. The minimum absolute atomic E-state index is 0. The second-order valence-corrected chi connectivity index (χ2v) is 7.55. The van der Waals surface area contributed by atoms with Crippen molar-refractivity contribution < 1.29 is 0 Å². The summed E-state index contributed by atoms with van der Waals surface area (Å²) < 4.78 is 0. The summed E-state index contributed by atoms with van der Waals surface area (Å²) in [4.78, 5) is 0. The van der Waals surface area contributed by atoms with Crippen molar-refractivity contribution in [2.75, 3.05) is 0 Å². The highest BCUT2D eigenvalue weighted by atomic mass is 79.9. The first-order valence-electron chi connectivity index (χ1n) is 7.37. The predicted molar refractivity (Wildman–Crippen MR) is 96.5 cm³/mol. The molecule has 0 fully saturated rings. The summed E-state index contributed by atoms with van der Waals surface area (Å²) in [6.07, 6.45) is 8.05. The van der Waals surface area contributed by atoms with Crippen molar-refractivity contribution in [2.24, 2.45) is 5.92 Å². The molecule has 1 aromatic rings. The molecule has 0 saturated heterocycles. The van der Waals surface area contributed by atoms with Gasteiger partial charge in [-0.2, -0.15) is 0 Å². The monoisotopic (exact) mass is 344 g/mol. The van der Waals surface area contributed by atoms with Crippen LogP contribution in [0.2, 0.25) is 0 Å². The van der Waals surface area contributed by atoms with E-state index >= 15 is 0 Å². The van der Waals surface area contributed by atoms with Gasteiger partial charge in [0, 0.05) is 0 Å². The maximum absolute atomic E-state index is 3.05. The van der Waals surface area contributed by atoms with E-state index in [4.69, 9.17) is 0 Å². The van der Waals surface area contributed by atoms with Gasteiger partial charge in [0.05, 0.1) is 0 Å². The Bertz CT molecular complexity index is 316. The number of halogens is 1. The normalized spacial score (nSPS) is 12.8. The van der Waals surface area contributed by atoms with Crippen molar-refractivity contribution >= 4 is 26.2 Å². The number of hydrogen-bond acceptors (Lipinski definition) is 0. The van der Waals surface area contributed by atoms with Gasteiger partial charge in [0.25, 0.3) is 0 Å². The molecule has 0 bridgehead atoms. The molecule has 1 rings (SSSR count). The fraction of sp³-hybridized carbons (Fsp3) is 0.647. The molecular formula is C17H30BrP. The van der Waals surface area contributed by atoms with Crippen molar-refractivity contribution in [2.45, 2.75) is 64.5 Å². The molecule has 0 aliphatic rings. The zero-order valence-electron chi connectivity index (χ0n) is 12.7. The lowest BCUT2D eigenvalue weighted by molar-refractivity contribution is 0.374. The van der Waals surface area contributed by atoms with Crippen LogP contribution in [-0.4, -0.2) is 5.16 Å². The van der Waals surface area contributed by atoms with Crippen molar-refractivity contribution in [3.8, 4) is 0 Å². The first-order valence-corrected chi connectivity index (χ1v) is 7.94. The Morgan fingerprint density at radius 1 is 1.05 bits per heavy atom.